The Bertz CT molecular complexity index is 1110. The largest absolute Gasteiger partial charge is 0.469 e. The van der Waals surface area contributed by atoms with Crippen LogP contribution < -0.4 is 5.56 Å². The predicted molar refractivity (Wildman–Crippen MR) is 107 cm³/mol. The van der Waals surface area contributed by atoms with Crippen LogP contribution in [-0.2, 0) is 17.7 Å². The van der Waals surface area contributed by atoms with Gasteiger partial charge in [-0.2, -0.15) is 5.10 Å². The van der Waals surface area contributed by atoms with Crippen molar-refractivity contribution in [3.8, 4) is 11.3 Å². The molecule has 4 rings (SSSR count). The first-order valence-electron chi connectivity index (χ1n) is 9.39. The number of fused-ring (bicyclic) bond motifs is 1. The first-order valence-corrected chi connectivity index (χ1v) is 9.39. The van der Waals surface area contributed by atoms with Crippen molar-refractivity contribution in [2.45, 2.75) is 25.3 Å². The fraction of sp³-hybridized carbons (Fsp3) is 0.227. The van der Waals surface area contributed by atoms with E-state index in [1.54, 1.807) is 18.7 Å². The second-order valence-electron chi connectivity index (χ2n) is 6.91. The topological polar surface area (TPSA) is 90.1 Å². The van der Waals surface area contributed by atoms with Gasteiger partial charge in [0.2, 0.25) is 0 Å². The number of pyridine rings is 1. The van der Waals surface area contributed by atoms with E-state index in [9.17, 15) is 9.59 Å². The van der Waals surface area contributed by atoms with E-state index in [0.29, 0.717) is 17.8 Å². The van der Waals surface area contributed by atoms with Crippen LogP contribution in [0.3, 0.4) is 0 Å². The molecular weight excluding hydrogens is 370 g/mol. The van der Waals surface area contributed by atoms with Crippen molar-refractivity contribution in [1.82, 2.24) is 14.8 Å². The molecule has 0 unspecified atom stereocenters. The zero-order valence-electron chi connectivity index (χ0n) is 16.0. The SMILES string of the molecule is COC(=O)c1cn(CC[C@@H](Cc2ccccc2)c2ccco2)cc2c(=O)[nH]nc1-2. The number of methoxy groups -OCH3 is 1. The second kappa shape index (κ2) is 8.18. The lowest BCUT2D eigenvalue weighted by molar-refractivity contribution is 0.0600. The zero-order valence-corrected chi connectivity index (χ0v) is 16.0. The maximum atomic E-state index is 12.1. The van der Waals surface area contributed by atoms with Gasteiger partial charge in [-0.15, -0.1) is 0 Å². The van der Waals surface area contributed by atoms with Crippen molar-refractivity contribution < 1.29 is 13.9 Å². The summed E-state index contributed by atoms with van der Waals surface area (Å²) in [4.78, 5) is 24.2. The Morgan fingerprint density at radius 2 is 2.03 bits per heavy atom. The summed E-state index contributed by atoms with van der Waals surface area (Å²) in [5.74, 6) is 0.549. The van der Waals surface area contributed by atoms with Crippen molar-refractivity contribution in [3.05, 3.63) is 88.4 Å². The Balaban J connectivity index is 1.61. The average molecular weight is 391 g/mol. The Hall–Kier alpha value is -3.61. The molecule has 2 aliphatic heterocycles. The number of carbonyl (C=O) groups is 1. The van der Waals surface area contributed by atoms with Gasteiger partial charge in [-0.25, -0.2) is 9.89 Å². The van der Waals surface area contributed by atoms with Gasteiger partial charge in [0, 0.05) is 24.9 Å². The quantitative estimate of drug-likeness (QED) is 0.487. The number of nitrogens with zero attached hydrogens (tertiary/aromatic N) is 2. The van der Waals surface area contributed by atoms with Crippen LogP contribution in [0, 0.1) is 0 Å². The number of H-pyrrole nitrogens is 1. The number of aryl methyl sites for hydroxylation is 1. The lowest BCUT2D eigenvalue weighted by atomic mass is 9.93. The van der Waals surface area contributed by atoms with Gasteiger partial charge in [0.15, 0.2) is 0 Å². The van der Waals surface area contributed by atoms with E-state index in [-0.39, 0.29) is 17.0 Å². The third kappa shape index (κ3) is 3.99. The fourth-order valence-electron chi connectivity index (χ4n) is 3.55. The number of esters is 1. The molecule has 0 amide bonds. The number of nitrogens with one attached hydrogen (secondary N) is 1. The number of hydrogen-bond acceptors (Lipinski definition) is 5. The summed E-state index contributed by atoms with van der Waals surface area (Å²) >= 11 is 0. The van der Waals surface area contributed by atoms with E-state index in [0.717, 1.165) is 18.6 Å². The standard InChI is InChI=1S/C22H21N3O4/c1-28-22(27)18-14-25(13-17-20(18)23-24-21(17)26)10-9-16(19-8-5-11-29-19)12-15-6-3-2-4-7-15/h2-8,11,13-14,16H,9-10,12H2,1H3,(H,24,26)/t16-/m0/s1. The van der Waals surface area contributed by atoms with E-state index < -0.39 is 5.97 Å². The highest BCUT2D eigenvalue weighted by atomic mass is 16.5. The van der Waals surface area contributed by atoms with Crippen molar-refractivity contribution in [1.29, 1.82) is 0 Å². The molecule has 0 bridgehead atoms. The molecule has 1 N–H and O–H groups in total. The summed E-state index contributed by atoms with van der Waals surface area (Å²) < 4.78 is 12.4. The Morgan fingerprint density at radius 1 is 1.21 bits per heavy atom. The molecule has 0 fully saturated rings. The molecular formula is C22H21N3O4. The number of ether oxygens (including phenoxy) is 1. The maximum absolute atomic E-state index is 12.1. The highest BCUT2D eigenvalue weighted by Crippen LogP contribution is 2.27. The van der Waals surface area contributed by atoms with Gasteiger partial charge < -0.3 is 13.7 Å². The van der Waals surface area contributed by atoms with Gasteiger partial charge in [-0.3, -0.25) is 4.79 Å². The summed E-state index contributed by atoms with van der Waals surface area (Å²) in [5.41, 5.74) is 1.85. The average Bonchev–Trinajstić information content (AvgIpc) is 3.41. The van der Waals surface area contributed by atoms with Crippen molar-refractivity contribution in [3.63, 3.8) is 0 Å². The number of hydrogen-bond donors (Lipinski definition) is 1. The fourth-order valence-corrected chi connectivity index (χ4v) is 3.55. The molecule has 1 aromatic heterocycles. The first kappa shape index (κ1) is 18.7. The molecule has 3 heterocycles. The summed E-state index contributed by atoms with van der Waals surface area (Å²) in [7, 11) is 1.31. The summed E-state index contributed by atoms with van der Waals surface area (Å²) in [5, 5.41) is 6.35. The third-order valence-electron chi connectivity index (χ3n) is 5.03. The normalized spacial score (nSPS) is 12.2. The first-order chi connectivity index (χ1) is 14.2. The predicted octanol–water partition coefficient (Wildman–Crippen LogP) is 3.47. The Kier molecular flexibility index (Phi) is 5.29. The van der Waals surface area contributed by atoms with Crippen LogP contribution in [0.4, 0.5) is 0 Å². The third-order valence-corrected chi connectivity index (χ3v) is 5.03. The van der Waals surface area contributed by atoms with E-state index >= 15 is 0 Å². The van der Waals surface area contributed by atoms with E-state index in [4.69, 9.17) is 9.15 Å². The minimum absolute atomic E-state index is 0.160. The Labute approximate surface area is 167 Å². The van der Waals surface area contributed by atoms with Gasteiger partial charge in [0.1, 0.15) is 17.0 Å². The van der Waals surface area contributed by atoms with E-state index in [1.807, 2.05) is 34.9 Å². The summed E-state index contributed by atoms with van der Waals surface area (Å²) in [6.45, 7) is 0.600. The van der Waals surface area contributed by atoms with Crippen molar-refractivity contribution in [2.75, 3.05) is 7.11 Å². The minimum atomic E-state index is -0.525. The van der Waals surface area contributed by atoms with Gasteiger partial charge >= 0.3 is 5.97 Å². The zero-order chi connectivity index (χ0) is 20.2. The molecule has 1 atom stereocenters. The smallest absolute Gasteiger partial charge is 0.341 e. The van der Waals surface area contributed by atoms with Crippen LogP contribution in [0.25, 0.3) is 11.3 Å². The van der Waals surface area contributed by atoms with Gasteiger partial charge in [0.25, 0.3) is 5.56 Å². The molecule has 1 aromatic carbocycles. The summed E-state index contributed by atoms with van der Waals surface area (Å²) in [6, 6.07) is 14.1. The molecule has 148 valence electrons. The number of furan rings is 1. The molecule has 2 aliphatic rings. The number of aromatic amines is 1. The molecule has 0 aliphatic carbocycles. The second-order valence-corrected chi connectivity index (χ2v) is 6.91. The molecule has 2 aromatic rings. The highest BCUT2D eigenvalue weighted by molar-refractivity contribution is 5.95. The number of carbonyl (C=O) groups excluding carboxylic acids is 1. The molecule has 29 heavy (non-hydrogen) atoms. The molecule has 0 spiro atoms. The summed E-state index contributed by atoms with van der Waals surface area (Å²) in [6.07, 6.45) is 6.67. The van der Waals surface area contributed by atoms with Crippen LogP contribution in [0.1, 0.15) is 34.0 Å². The molecule has 7 heteroatoms. The maximum Gasteiger partial charge on any atom is 0.341 e. The van der Waals surface area contributed by atoms with Gasteiger partial charge in [0.05, 0.1) is 18.9 Å². The van der Waals surface area contributed by atoms with Crippen molar-refractivity contribution >= 4 is 5.97 Å². The molecule has 7 nitrogen and oxygen atoms in total. The molecule has 0 radical (unpaired) electrons. The highest BCUT2D eigenvalue weighted by Gasteiger charge is 2.22. The lowest BCUT2D eigenvalue weighted by Crippen LogP contribution is -2.14. The molecule has 0 saturated heterocycles. The van der Waals surface area contributed by atoms with Crippen LogP contribution in [0.2, 0.25) is 0 Å². The molecule has 0 saturated carbocycles. The van der Waals surface area contributed by atoms with Gasteiger partial charge in [-0.1, -0.05) is 30.3 Å². The van der Waals surface area contributed by atoms with E-state index in [1.165, 1.54) is 12.7 Å². The van der Waals surface area contributed by atoms with E-state index in [2.05, 4.69) is 22.3 Å². The number of rotatable bonds is 7. The van der Waals surface area contributed by atoms with Crippen LogP contribution in [0.5, 0.6) is 0 Å². The van der Waals surface area contributed by atoms with Crippen LogP contribution >= 0.6 is 0 Å². The number of aromatic nitrogens is 3. The van der Waals surface area contributed by atoms with Crippen LogP contribution in [0.15, 0.2) is 70.3 Å². The lowest BCUT2D eigenvalue weighted by Gasteiger charge is -2.17. The Morgan fingerprint density at radius 3 is 2.76 bits per heavy atom. The van der Waals surface area contributed by atoms with Crippen molar-refractivity contribution in [2.24, 2.45) is 0 Å². The van der Waals surface area contributed by atoms with Gasteiger partial charge in [-0.05, 0) is 30.5 Å². The monoisotopic (exact) mass is 391 g/mol. The number of benzene rings is 1. The van der Waals surface area contributed by atoms with Crippen LogP contribution in [-0.4, -0.2) is 27.8 Å². The minimum Gasteiger partial charge on any atom is -0.469 e.